The van der Waals surface area contributed by atoms with Crippen LogP contribution in [0.3, 0.4) is 0 Å². The SMILES string of the molecule is CCCCCCCCCCCCCCCC(=O)OC[C@H](COC(=O)CCCCCCCCCCC(C)C)OC(=O)CCCCCCCCCCCC(C)C. The van der Waals surface area contributed by atoms with E-state index in [9.17, 15) is 14.4 Å². The summed E-state index contributed by atoms with van der Waals surface area (Å²) >= 11 is 0. The van der Waals surface area contributed by atoms with Crippen LogP contribution in [-0.4, -0.2) is 37.2 Å². The number of rotatable bonds is 42. The molecule has 0 aliphatic heterocycles. The summed E-state index contributed by atoms with van der Waals surface area (Å²) < 4.78 is 16.7. The van der Waals surface area contributed by atoms with E-state index in [1.54, 1.807) is 0 Å². The molecule has 0 spiro atoms. The van der Waals surface area contributed by atoms with Gasteiger partial charge in [-0.1, -0.05) is 221 Å². The first-order valence-corrected chi connectivity index (χ1v) is 23.7. The average molecular weight is 765 g/mol. The van der Waals surface area contributed by atoms with Gasteiger partial charge in [-0.15, -0.1) is 0 Å². The highest BCUT2D eigenvalue weighted by atomic mass is 16.6. The maximum atomic E-state index is 12.7. The first kappa shape index (κ1) is 52.4. The molecule has 0 aromatic carbocycles. The van der Waals surface area contributed by atoms with Crippen molar-refractivity contribution in [2.24, 2.45) is 11.8 Å². The fraction of sp³-hybridized carbons (Fsp3) is 0.938. The highest BCUT2D eigenvalue weighted by Crippen LogP contribution is 2.17. The Bertz CT molecular complexity index is 824. The molecule has 6 nitrogen and oxygen atoms in total. The summed E-state index contributed by atoms with van der Waals surface area (Å²) in [5.74, 6) is 0.745. The number of hydrogen-bond acceptors (Lipinski definition) is 6. The van der Waals surface area contributed by atoms with E-state index in [-0.39, 0.29) is 31.1 Å². The van der Waals surface area contributed by atoms with Crippen LogP contribution < -0.4 is 0 Å². The number of carbonyl (C=O) groups is 3. The molecule has 0 aliphatic rings. The van der Waals surface area contributed by atoms with E-state index in [4.69, 9.17) is 14.2 Å². The quantitative estimate of drug-likeness (QED) is 0.0350. The van der Waals surface area contributed by atoms with E-state index in [1.807, 2.05) is 0 Å². The molecule has 0 bridgehead atoms. The molecule has 0 aromatic heterocycles. The minimum absolute atomic E-state index is 0.0648. The van der Waals surface area contributed by atoms with Gasteiger partial charge in [0.05, 0.1) is 0 Å². The van der Waals surface area contributed by atoms with Crippen LogP contribution in [0.2, 0.25) is 0 Å². The molecule has 0 aromatic rings. The van der Waals surface area contributed by atoms with Gasteiger partial charge in [0.1, 0.15) is 13.2 Å². The molecule has 0 N–H and O–H groups in total. The fourth-order valence-electron chi connectivity index (χ4n) is 7.11. The minimum Gasteiger partial charge on any atom is -0.462 e. The number of esters is 3. The Morgan fingerprint density at radius 3 is 0.907 bits per heavy atom. The van der Waals surface area contributed by atoms with Crippen molar-refractivity contribution in [3.8, 4) is 0 Å². The molecule has 0 unspecified atom stereocenters. The van der Waals surface area contributed by atoms with E-state index in [0.29, 0.717) is 19.3 Å². The van der Waals surface area contributed by atoms with E-state index in [0.717, 1.165) is 69.6 Å². The van der Waals surface area contributed by atoms with Crippen molar-refractivity contribution in [3.63, 3.8) is 0 Å². The first-order chi connectivity index (χ1) is 26.2. The Kier molecular flexibility index (Phi) is 39.8. The Morgan fingerprint density at radius 2 is 0.611 bits per heavy atom. The van der Waals surface area contributed by atoms with Crippen LogP contribution in [0.1, 0.15) is 259 Å². The van der Waals surface area contributed by atoms with Crippen molar-refractivity contribution in [2.45, 2.75) is 265 Å². The highest BCUT2D eigenvalue weighted by molar-refractivity contribution is 5.71. The lowest BCUT2D eigenvalue weighted by atomic mass is 10.0. The Morgan fingerprint density at radius 1 is 0.352 bits per heavy atom. The fourth-order valence-corrected chi connectivity index (χ4v) is 7.11. The molecule has 0 radical (unpaired) electrons. The molecule has 0 rings (SSSR count). The van der Waals surface area contributed by atoms with Crippen LogP contribution >= 0.6 is 0 Å². The summed E-state index contributed by atoms with van der Waals surface area (Å²) in [4.78, 5) is 37.8. The molecule has 320 valence electrons. The average Bonchev–Trinajstić information content (AvgIpc) is 3.14. The van der Waals surface area contributed by atoms with E-state index in [2.05, 4.69) is 34.6 Å². The molecular formula is C48H92O6. The summed E-state index contributed by atoms with van der Waals surface area (Å²) in [5.41, 5.74) is 0. The number of hydrogen-bond donors (Lipinski definition) is 0. The minimum atomic E-state index is -0.761. The zero-order chi connectivity index (χ0) is 39.7. The van der Waals surface area contributed by atoms with Gasteiger partial charge in [-0.25, -0.2) is 0 Å². The van der Waals surface area contributed by atoms with Crippen LogP contribution in [0.5, 0.6) is 0 Å². The predicted molar refractivity (Wildman–Crippen MR) is 229 cm³/mol. The molecule has 0 heterocycles. The summed E-state index contributed by atoms with van der Waals surface area (Å²) in [6.07, 6.45) is 39.5. The van der Waals surface area contributed by atoms with Crippen LogP contribution in [0.15, 0.2) is 0 Å². The monoisotopic (exact) mass is 765 g/mol. The molecule has 54 heavy (non-hydrogen) atoms. The van der Waals surface area contributed by atoms with Crippen molar-refractivity contribution in [1.82, 2.24) is 0 Å². The third-order valence-electron chi connectivity index (χ3n) is 10.7. The largest absolute Gasteiger partial charge is 0.462 e. The van der Waals surface area contributed by atoms with Crippen molar-refractivity contribution >= 4 is 17.9 Å². The van der Waals surface area contributed by atoms with Crippen molar-refractivity contribution in [1.29, 1.82) is 0 Å². The van der Waals surface area contributed by atoms with Gasteiger partial charge in [0, 0.05) is 19.3 Å². The second-order valence-electron chi connectivity index (χ2n) is 17.3. The third kappa shape index (κ3) is 41.6. The van der Waals surface area contributed by atoms with Crippen LogP contribution in [0.25, 0.3) is 0 Å². The molecule has 0 amide bonds. The van der Waals surface area contributed by atoms with Crippen LogP contribution in [0.4, 0.5) is 0 Å². The van der Waals surface area contributed by atoms with Crippen LogP contribution in [-0.2, 0) is 28.6 Å². The summed E-state index contributed by atoms with van der Waals surface area (Å²) in [7, 11) is 0. The smallest absolute Gasteiger partial charge is 0.306 e. The topological polar surface area (TPSA) is 78.9 Å². The number of unbranched alkanes of at least 4 members (excludes halogenated alkanes) is 27. The van der Waals surface area contributed by atoms with Gasteiger partial charge >= 0.3 is 17.9 Å². The Balaban J connectivity index is 4.33. The Hall–Kier alpha value is -1.59. The maximum Gasteiger partial charge on any atom is 0.306 e. The summed E-state index contributed by atoms with van der Waals surface area (Å²) in [6, 6.07) is 0. The van der Waals surface area contributed by atoms with Gasteiger partial charge in [0.15, 0.2) is 6.10 Å². The normalized spacial score (nSPS) is 12.1. The molecule has 0 saturated heterocycles. The second kappa shape index (κ2) is 41.1. The van der Waals surface area contributed by atoms with Crippen molar-refractivity contribution < 1.29 is 28.6 Å². The van der Waals surface area contributed by atoms with Gasteiger partial charge in [-0.2, -0.15) is 0 Å². The van der Waals surface area contributed by atoms with E-state index < -0.39 is 6.10 Å². The predicted octanol–water partition coefficient (Wildman–Crippen LogP) is 15.0. The van der Waals surface area contributed by atoms with Gasteiger partial charge in [0.2, 0.25) is 0 Å². The second-order valence-corrected chi connectivity index (χ2v) is 17.3. The number of ether oxygens (including phenoxy) is 3. The van der Waals surface area contributed by atoms with E-state index >= 15 is 0 Å². The van der Waals surface area contributed by atoms with Crippen LogP contribution in [0, 0.1) is 11.8 Å². The molecule has 0 fully saturated rings. The lowest BCUT2D eigenvalue weighted by molar-refractivity contribution is -0.167. The lowest BCUT2D eigenvalue weighted by Crippen LogP contribution is -2.30. The first-order valence-electron chi connectivity index (χ1n) is 23.7. The molecule has 0 aliphatic carbocycles. The lowest BCUT2D eigenvalue weighted by Gasteiger charge is -2.18. The highest BCUT2D eigenvalue weighted by Gasteiger charge is 2.19. The number of carbonyl (C=O) groups excluding carboxylic acids is 3. The molecule has 0 saturated carbocycles. The van der Waals surface area contributed by atoms with Gasteiger partial charge < -0.3 is 14.2 Å². The van der Waals surface area contributed by atoms with Gasteiger partial charge in [0.25, 0.3) is 0 Å². The van der Waals surface area contributed by atoms with E-state index in [1.165, 1.54) is 148 Å². The zero-order valence-corrected chi connectivity index (χ0v) is 36.8. The Labute approximate surface area is 336 Å². The zero-order valence-electron chi connectivity index (χ0n) is 36.8. The van der Waals surface area contributed by atoms with Crippen molar-refractivity contribution in [2.75, 3.05) is 13.2 Å². The molecule has 6 heteroatoms. The summed E-state index contributed by atoms with van der Waals surface area (Å²) in [6.45, 7) is 11.3. The van der Waals surface area contributed by atoms with Crippen molar-refractivity contribution in [3.05, 3.63) is 0 Å². The maximum absolute atomic E-state index is 12.7. The standard InChI is InChI=1S/C48H92O6/c1-6-7-8-9-10-11-12-13-14-17-23-28-33-38-46(49)52-41-45(42-53-47(50)39-34-29-24-20-19-22-27-32-37-44(4)5)54-48(51)40-35-30-25-18-15-16-21-26-31-36-43(2)3/h43-45H,6-42H2,1-5H3/t45-/m1/s1. The molecular weight excluding hydrogens is 673 g/mol. The molecule has 1 atom stereocenters. The third-order valence-corrected chi connectivity index (χ3v) is 10.7. The summed E-state index contributed by atoms with van der Waals surface area (Å²) in [5, 5.41) is 0. The van der Waals surface area contributed by atoms with Gasteiger partial charge in [-0.3, -0.25) is 14.4 Å². The van der Waals surface area contributed by atoms with Gasteiger partial charge in [-0.05, 0) is 31.1 Å².